The molecule has 0 spiro atoms. The Hall–Kier alpha value is -1.04. The van der Waals surface area contributed by atoms with Crippen LogP contribution in [0.1, 0.15) is 101 Å². The molecule has 0 amide bonds. The van der Waals surface area contributed by atoms with Crippen molar-refractivity contribution in [2.24, 2.45) is 0 Å². The van der Waals surface area contributed by atoms with Crippen LogP contribution in [-0.2, 0) is 20.6 Å². The molecule has 1 heterocycles. The number of nitrogens with one attached hydrogen (secondary N) is 1. The molecule has 1 aromatic heterocycles. The molecule has 0 aliphatic carbocycles. The van der Waals surface area contributed by atoms with Gasteiger partial charge in [0.1, 0.15) is 12.3 Å². The van der Waals surface area contributed by atoms with Gasteiger partial charge in [0, 0.05) is 12.8 Å². The van der Waals surface area contributed by atoms with Gasteiger partial charge < -0.3 is 19.2 Å². The number of ether oxygens (including phenoxy) is 3. The van der Waals surface area contributed by atoms with Crippen LogP contribution in [0.2, 0.25) is 5.02 Å². The second-order valence-corrected chi connectivity index (χ2v) is 8.11. The van der Waals surface area contributed by atoms with E-state index in [0.717, 1.165) is 18.4 Å². The highest BCUT2D eigenvalue weighted by Crippen LogP contribution is 2.23. The van der Waals surface area contributed by atoms with E-state index in [-0.39, 0.29) is 6.61 Å². The van der Waals surface area contributed by atoms with Crippen LogP contribution in [0.3, 0.4) is 0 Å². The Bertz CT molecular complexity index is 547. The number of aromatic amines is 1. The van der Waals surface area contributed by atoms with Gasteiger partial charge in [0.25, 0.3) is 0 Å². The summed E-state index contributed by atoms with van der Waals surface area (Å²) in [4.78, 5) is 15.1. The second-order valence-electron chi connectivity index (χ2n) is 7.73. The van der Waals surface area contributed by atoms with Crippen LogP contribution < -0.4 is 0 Å². The lowest BCUT2D eigenvalue weighted by atomic mass is 10.0. The van der Waals surface area contributed by atoms with Crippen molar-refractivity contribution >= 4 is 17.6 Å². The largest absolute Gasteiger partial charge is 0.459 e. The van der Waals surface area contributed by atoms with E-state index in [2.05, 4.69) is 11.9 Å². The molecule has 0 bridgehead atoms. The molecule has 1 aromatic rings. The molecule has 0 aromatic carbocycles. The molecule has 6 heteroatoms. The Labute approximate surface area is 188 Å². The van der Waals surface area contributed by atoms with Crippen molar-refractivity contribution in [1.82, 2.24) is 4.98 Å². The molecule has 0 unspecified atom stereocenters. The van der Waals surface area contributed by atoms with Crippen LogP contribution in [0.5, 0.6) is 0 Å². The molecule has 0 aliphatic heterocycles. The molecule has 5 nitrogen and oxygen atoms in total. The van der Waals surface area contributed by atoms with Gasteiger partial charge in [-0.3, -0.25) is 0 Å². The fourth-order valence-corrected chi connectivity index (χ4v) is 3.67. The third-order valence-corrected chi connectivity index (χ3v) is 5.61. The van der Waals surface area contributed by atoms with Crippen molar-refractivity contribution in [1.29, 1.82) is 0 Å². The van der Waals surface area contributed by atoms with Crippen molar-refractivity contribution in [2.75, 3.05) is 33.0 Å². The van der Waals surface area contributed by atoms with E-state index in [9.17, 15) is 4.79 Å². The number of carbonyl (C=O) groups is 1. The van der Waals surface area contributed by atoms with Crippen molar-refractivity contribution in [3.05, 3.63) is 22.5 Å². The van der Waals surface area contributed by atoms with Gasteiger partial charge in [0.05, 0.1) is 24.8 Å². The number of H-pyrrole nitrogens is 1. The molecule has 0 radical (unpaired) electrons. The third-order valence-electron chi connectivity index (χ3n) is 5.18. The zero-order valence-electron chi connectivity index (χ0n) is 19.1. The number of hydrogen-bond donors (Lipinski definition) is 1. The monoisotopic (exact) mass is 443 g/mol. The quantitative estimate of drug-likeness (QED) is 0.179. The van der Waals surface area contributed by atoms with Crippen molar-refractivity contribution < 1.29 is 19.0 Å². The first-order chi connectivity index (χ1) is 14.7. The van der Waals surface area contributed by atoms with Gasteiger partial charge in [-0.2, -0.15) is 0 Å². The summed E-state index contributed by atoms with van der Waals surface area (Å²) in [5, 5.41) is 0.490. The first kappa shape index (κ1) is 27.0. The van der Waals surface area contributed by atoms with Crippen LogP contribution in [0.25, 0.3) is 0 Å². The molecule has 1 rings (SSSR count). The predicted molar refractivity (Wildman–Crippen MR) is 124 cm³/mol. The number of carbonyl (C=O) groups excluding carboxylic acids is 1. The fraction of sp³-hybridized carbons (Fsp3) is 0.792. The van der Waals surface area contributed by atoms with E-state index >= 15 is 0 Å². The van der Waals surface area contributed by atoms with E-state index in [1.165, 1.54) is 64.2 Å². The number of unbranched alkanes of at least 4 members (excludes halogenated alkanes) is 10. The standard InChI is InChI=1S/C24H42ClNO4/c1-3-5-6-7-8-9-10-11-12-13-14-15-21-20-26-23(22(21)25)24(27)30-19-18-29-17-16-28-4-2/h20,26H,3-19H2,1-2H3. The number of aromatic nitrogens is 1. The minimum absolute atomic E-state index is 0.203. The fourth-order valence-electron chi connectivity index (χ4n) is 3.39. The first-order valence-electron chi connectivity index (χ1n) is 11.9. The third kappa shape index (κ3) is 12.6. The van der Waals surface area contributed by atoms with Crippen LogP contribution in [0.15, 0.2) is 6.20 Å². The second kappa shape index (κ2) is 18.7. The maximum absolute atomic E-state index is 12.2. The smallest absolute Gasteiger partial charge is 0.356 e. The van der Waals surface area contributed by atoms with Gasteiger partial charge in [0.15, 0.2) is 0 Å². The number of aryl methyl sites for hydroxylation is 1. The molecule has 0 saturated carbocycles. The normalized spacial score (nSPS) is 11.2. The SMILES string of the molecule is CCCCCCCCCCCCCc1c[nH]c(C(=O)OCCOCCOCC)c1Cl. The lowest BCUT2D eigenvalue weighted by molar-refractivity contribution is 0.0161. The van der Waals surface area contributed by atoms with E-state index < -0.39 is 5.97 Å². The molecule has 30 heavy (non-hydrogen) atoms. The Morgan fingerprint density at radius 2 is 1.40 bits per heavy atom. The Balaban J connectivity index is 2.09. The highest BCUT2D eigenvalue weighted by atomic mass is 35.5. The van der Waals surface area contributed by atoms with Crippen molar-refractivity contribution in [3.63, 3.8) is 0 Å². The maximum atomic E-state index is 12.2. The molecule has 0 saturated heterocycles. The lowest BCUT2D eigenvalue weighted by Gasteiger charge is -2.06. The minimum atomic E-state index is -0.432. The lowest BCUT2D eigenvalue weighted by Crippen LogP contribution is -2.13. The molecule has 0 fully saturated rings. The number of rotatable bonds is 20. The molecular formula is C24H42ClNO4. The van der Waals surface area contributed by atoms with E-state index in [1.807, 2.05) is 13.1 Å². The van der Waals surface area contributed by atoms with E-state index in [0.29, 0.717) is 37.1 Å². The zero-order valence-corrected chi connectivity index (χ0v) is 19.9. The molecular weight excluding hydrogens is 402 g/mol. The Morgan fingerprint density at radius 3 is 2.03 bits per heavy atom. The summed E-state index contributed by atoms with van der Waals surface area (Å²) in [6.45, 7) is 6.47. The van der Waals surface area contributed by atoms with Gasteiger partial charge in [-0.05, 0) is 25.3 Å². The highest BCUT2D eigenvalue weighted by Gasteiger charge is 2.17. The molecule has 0 atom stereocenters. The summed E-state index contributed by atoms with van der Waals surface area (Å²) in [6, 6.07) is 0. The number of hydrogen-bond acceptors (Lipinski definition) is 4. The summed E-state index contributed by atoms with van der Waals surface area (Å²) in [7, 11) is 0. The van der Waals surface area contributed by atoms with Crippen LogP contribution in [0.4, 0.5) is 0 Å². The predicted octanol–water partition coefficient (Wildman–Crippen LogP) is 6.73. The summed E-state index contributed by atoms with van der Waals surface area (Å²) in [5.74, 6) is -0.432. The van der Waals surface area contributed by atoms with Crippen LogP contribution in [0, 0.1) is 0 Å². The summed E-state index contributed by atoms with van der Waals surface area (Å²) < 4.78 is 15.7. The Kier molecular flexibility index (Phi) is 16.8. The first-order valence-corrected chi connectivity index (χ1v) is 12.3. The Morgan fingerprint density at radius 1 is 0.833 bits per heavy atom. The van der Waals surface area contributed by atoms with Gasteiger partial charge in [0.2, 0.25) is 0 Å². The van der Waals surface area contributed by atoms with Gasteiger partial charge in [-0.15, -0.1) is 0 Å². The van der Waals surface area contributed by atoms with Crippen molar-refractivity contribution in [3.8, 4) is 0 Å². The molecule has 174 valence electrons. The average molecular weight is 444 g/mol. The summed E-state index contributed by atoms with van der Waals surface area (Å²) >= 11 is 6.37. The average Bonchev–Trinajstić information content (AvgIpc) is 3.11. The number of halogens is 1. The summed E-state index contributed by atoms with van der Waals surface area (Å²) in [5.41, 5.74) is 1.33. The highest BCUT2D eigenvalue weighted by molar-refractivity contribution is 6.34. The van der Waals surface area contributed by atoms with Crippen LogP contribution >= 0.6 is 11.6 Å². The maximum Gasteiger partial charge on any atom is 0.356 e. The topological polar surface area (TPSA) is 60.6 Å². The molecule has 1 N–H and O–H groups in total. The minimum Gasteiger partial charge on any atom is -0.459 e. The van der Waals surface area contributed by atoms with E-state index in [1.54, 1.807) is 0 Å². The van der Waals surface area contributed by atoms with Gasteiger partial charge >= 0.3 is 5.97 Å². The van der Waals surface area contributed by atoms with Crippen LogP contribution in [-0.4, -0.2) is 44.0 Å². The number of esters is 1. The van der Waals surface area contributed by atoms with Crippen molar-refractivity contribution in [2.45, 2.75) is 90.9 Å². The molecule has 0 aliphatic rings. The van der Waals surface area contributed by atoms with Gasteiger partial charge in [-0.1, -0.05) is 82.7 Å². The van der Waals surface area contributed by atoms with E-state index in [4.69, 9.17) is 25.8 Å². The van der Waals surface area contributed by atoms with Gasteiger partial charge in [-0.25, -0.2) is 4.79 Å². The summed E-state index contributed by atoms with van der Waals surface area (Å²) in [6.07, 6.45) is 17.2. The zero-order chi connectivity index (χ0) is 21.9.